The highest BCUT2D eigenvalue weighted by atomic mass is 16.6. The highest BCUT2D eigenvalue weighted by Gasteiger charge is 2.14. The van der Waals surface area contributed by atoms with Gasteiger partial charge in [-0.15, -0.1) is 0 Å². The number of nitrogens with one attached hydrogen (secondary N) is 1. The SMILES string of the molecule is CCCOc1ccc(C(=O)Oc2ccc(/C=N\NC(=O)c3ccccc3OCC)cc2OC)cc1. The van der Waals surface area contributed by atoms with Crippen molar-refractivity contribution in [1.29, 1.82) is 0 Å². The van der Waals surface area contributed by atoms with Crippen molar-refractivity contribution in [3.05, 3.63) is 83.4 Å². The Labute approximate surface area is 204 Å². The molecule has 182 valence electrons. The summed E-state index contributed by atoms with van der Waals surface area (Å²) in [5.41, 5.74) is 3.89. The summed E-state index contributed by atoms with van der Waals surface area (Å²) in [5, 5.41) is 4.01. The van der Waals surface area contributed by atoms with E-state index in [1.807, 2.05) is 13.8 Å². The fourth-order valence-electron chi connectivity index (χ4n) is 3.08. The second kappa shape index (κ2) is 12.8. The minimum Gasteiger partial charge on any atom is -0.494 e. The molecule has 1 amide bonds. The van der Waals surface area contributed by atoms with Crippen molar-refractivity contribution in [3.63, 3.8) is 0 Å². The first-order valence-corrected chi connectivity index (χ1v) is 11.2. The van der Waals surface area contributed by atoms with E-state index >= 15 is 0 Å². The zero-order chi connectivity index (χ0) is 25.0. The third kappa shape index (κ3) is 7.07. The number of esters is 1. The fraction of sp³-hybridized carbons (Fsp3) is 0.222. The number of hydrogen-bond donors (Lipinski definition) is 1. The molecular formula is C27H28N2O6. The molecule has 0 saturated heterocycles. The Kier molecular flexibility index (Phi) is 9.24. The van der Waals surface area contributed by atoms with Gasteiger partial charge in [-0.1, -0.05) is 19.1 Å². The summed E-state index contributed by atoms with van der Waals surface area (Å²) >= 11 is 0. The Morgan fingerprint density at radius 2 is 1.69 bits per heavy atom. The Morgan fingerprint density at radius 1 is 0.914 bits per heavy atom. The molecule has 0 aliphatic rings. The van der Waals surface area contributed by atoms with Crippen molar-refractivity contribution in [2.24, 2.45) is 5.10 Å². The molecule has 1 N–H and O–H groups in total. The number of hydrazone groups is 1. The highest BCUT2D eigenvalue weighted by Crippen LogP contribution is 2.28. The number of methoxy groups -OCH3 is 1. The summed E-state index contributed by atoms with van der Waals surface area (Å²) in [5.74, 6) is 0.867. The molecule has 0 aromatic heterocycles. The van der Waals surface area contributed by atoms with Crippen LogP contribution in [0.3, 0.4) is 0 Å². The molecule has 0 atom stereocenters. The fourth-order valence-corrected chi connectivity index (χ4v) is 3.08. The molecule has 3 aromatic carbocycles. The average molecular weight is 477 g/mol. The molecule has 0 spiro atoms. The topological polar surface area (TPSA) is 95.5 Å². The van der Waals surface area contributed by atoms with Crippen LogP contribution in [0.5, 0.6) is 23.0 Å². The average Bonchev–Trinajstić information content (AvgIpc) is 2.89. The number of carbonyl (C=O) groups is 2. The standard InChI is InChI=1S/C27H28N2O6/c1-4-16-34-21-13-11-20(12-14-21)27(31)35-24-15-10-19(17-25(24)32-3)18-28-29-26(30)22-8-6-7-9-23(22)33-5-2/h6-15,17-18H,4-5,16H2,1-3H3,(H,29,30)/b28-18-. The van der Waals surface area contributed by atoms with E-state index < -0.39 is 11.9 Å². The first kappa shape index (κ1) is 25.3. The summed E-state index contributed by atoms with van der Waals surface area (Å²) in [6, 6.07) is 18.6. The Morgan fingerprint density at radius 3 is 2.40 bits per heavy atom. The van der Waals surface area contributed by atoms with Crippen LogP contribution in [0.25, 0.3) is 0 Å². The predicted molar refractivity (Wildman–Crippen MR) is 133 cm³/mol. The number of carbonyl (C=O) groups excluding carboxylic acids is 2. The van der Waals surface area contributed by atoms with E-state index in [-0.39, 0.29) is 5.75 Å². The van der Waals surface area contributed by atoms with Crippen molar-refractivity contribution in [1.82, 2.24) is 5.43 Å². The van der Waals surface area contributed by atoms with Gasteiger partial charge in [0.1, 0.15) is 11.5 Å². The van der Waals surface area contributed by atoms with E-state index in [0.29, 0.717) is 47.2 Å². The molecule has 0 aliphatic carbocycles. The van der Waals surface area contributed by atoms with Crippen LogP contribution < -0.4 is 24.4 Å². The molecule has 0 fully saturated rings. The zero-order valence-electron chi connectivity index (χ0n) is 19.9. The first-order valence-electron chi connectivity index (χ1n) is 11.2. The van der Waals surface area contributed by atoms with Gasteiger partial charge in [-0.3, -0.25) is 4.79 Å². The number of ether oxygens (including phenoxy) is 4. The molecule has 0 bridgehead atoms. The maximum absolute atomic E-state index is 12.5. The molecule has 3 rings (SSSR count). The lowest BCUT2D eigenvalue weighted by Crippen LogP contribution is -2.18. The minimum atomic E-state index is -0.521. The number of para-hydroxylation sites is 1. The van der Waals surface area contributed by atoms with E-state index in [9.17, 15) is 9.59 Å². The second-order valence-corrected chi connectivity index (χ2v) is 7.30. The van der Waals surface area contributed by atoms with Crippen molar-refractivity contribution >= 4 is 18.1 Å². The highest BCUT2D eigenvalue weighted by molar-refractivity contribution is 5.97. The van der Waals surface area contributed by atoms with E-state index in [1.54, 1.807) is 66.7 Å². The van der Waals surface area contributed by atoms with Gasteiger partial charge in [-0.2, -0.15) is 5.10 Å². The molecule has 0 heterocycles. The van der Waals surface area contributed by atoms with Crippen molar-refractivity contribution < 1.29 is 28.5 Å². The van der Waals surface area contributed by atoms with Crippen LogP contribution in [0.4, 0.5) is 0 Å². The zero-order valence-corrected chi connectivity index (χ0v) is 19.9. The van der Waals surface area contributed by atoms with Crippen LogP contribution in [0.2, 0.25) is 0 Å². The number of nitrogens with zero attached hydrogens (tertiary/aromatic N) is 1. The van der Waals surface area contributed by atoms with E-state index in [2.05, 4.69) is 10.5 Å². The number of hydrogen-bond acceptors (Lipinski definition) is 7. The van der Waals surface area contributed by atoms with E-state index in [4.69, 9.17) is 18.9 Å². The molecule has 0 radical (unpaired) electrons. The summed E-state index contributed by atoms with van der Waals surface area (Å²) in [6.07, 6.45) is 2.36. The Bertz CT molecular complexity index is 1170. The van der Waals surface area contributed by atoms with E-state index in [0.717, 1.165) is 6.42 Å². The summed E-state index contributed by atoms with van der Waals surface area (Å²) in [7, 11) is 1.47. The maximum Gasteiger partial charge on any atom is 0.343 e. The lowest BCUT2D eigenvalue weighted by atomic mass is 10.2. The van der Waals surface area contributed by atoms with Crippen LogP contribution in [-0.2, 0) is 0 Å². The molecule has 3 aromatic rings. The van der Waals surface area contributed by atoms with E-state index in [1.165, 1.54) is 13.3 Å². The lowest BCUT2D eigenvalue weighted by Gasteiger charge is -2.10. The van der Waals surface area contributed by atoms with Crippen LogP contribution >= 0.6 is 0 Å². The Hall–Kier alpha value is -4.33. The van der Waals surface area contributed by atoms with Crippen molar-refractivity contribution in [3.8, 4) is 23.0 Å². The minimum absolute atomic E-state index is 0.260. The number of amides is 1. The van der Waals surface area contributed by atoms with Gasteiger partial charge in [0.05, 0.1) is 37.7 Å². The normalized spacial score (nSPS) is 10.6. The van der Waals surface area contributed by atoms with Crippen molar-refractivity contribution in [2.45, 2.75) is 20.3 Å². The van der Waals surface area contributed by atoms with Gasteiger partial charge in [0.2, 0.25) is 0 Å². The molecule has 8 heteroatoms. The molecule has 35 heavy (non-hydrogen) atoms. The summed E-state index contributed by atoms with van der Waals surface area (Å²) in [6.45, 7) is 4.93. The molecule has 0 saturated carbocycles. The van der Waals surface area contributed by atoms with Gasteiger partial charge in [0, 0.05) is 0 Å². The van der Waals surface area contributed by atoms with Gasteiger partial charge < -0.3 is 18.9 Å². The van der Waals surface area contributed by atoms with Gasteiger partial charge in [-0.05, 0) is 73.5 Å². The largest absolute Gasteiger partial charge is 0.494 e. The van der Waals surface area contributed by atoms with Gasteiger partial charge in [0.15, 0.2) is 11.5 Å². The third-order valence-electron chi connectivity index (χ3n) is 4.76. The Balaban J connectivity index is 1.64. The van der Waals surface area contributed by atoms with Crippen molar-refractivity contribution in [2.75, 3.05) is 20.3 Å². The lowest BCUT2D eigenvalue weighted by molar-refractivity contribution is 0.0729. The van der Waals surface area contributed by atoms with Crippen LogP contribution in [0, 0.1) is 0 Å². The quantitative estimate of drug-likeness (QED) is 0.184. The monoisotopic (exact) mass is 476 g/mol. The van der Waals surface area contributed by atoms with Crippen LogP contribution in [-0.4, -0.2) is 38.4 Å². The molecule has 0 unspecified atom stereocenters. The van der Waals surface area contributed by atoms with Gasteiger partial charge >= 0.3 is 5.97 Å². The molecule has 8 nitrogen and oxygen atoms in total. The first-order chi connectivity index (χ1) is 17.0. The number of rotatable bonds is 11. The third-order valence-corrected chi connectivity index (χ3v) is 4.76. The van der Waals surface area contributed by atoms with Crippen LogP contribution in [0.1, 0.15) is 46.5 Å². The van der Waals surface area contributed by atoms with Gasteiger partial charge in [-0.25, -0.2) is 10.2 Å². The molecular weight excluding hydrogens is 448 g/mol. The maximum atomic E-state index is 12.5. The van der Waals surface area contributed by atoms with Gasteiger partial charge in [0.25, 0.3) is 5.91 Å². The molecule has 0 aliphatic heterocycles. The summed E-state index contributed by atoms with van der Waals surface area (Å²) in [4.78, 5) is 25.0. The predicted octanol–water partition coefficient (Wildman–Crippen LogP) is 4.87. The summed E-state index contributed by atoms with van der Waals surface area (Å²) < 4.78 is 21.9. The van der Waals surface area contributed by atoms with Crippen LogP contribution in [0.15, 0.2) is 71.8 Å². The second-order valence-electron chi connectivity index (χ2n) is 7.30. The number of benzene rings is 3. The smallest absolute Gasteiger partial charge is 0.343 e.